The molecule has 3 aromatic rings. The first-order valence-corrected chi connectivity index (χ1v) is 11.6. The first-order chi connectivity index (χ1) is 15.1. The predicted molar refractivity (Wildman–Crippen MR) is 128 cm³/mol. The largest absolute Gasteiger partial charge is 0.481 e. The molecule has 1 atom stereocenters. The molecule has 3 heterocycles. The third-order valence-electron chi connectivity index (χ3n) is 5.57. The Labute approximate surface area is 197 Å². The number of nitrogens with one attached hydrogen (secondary N) is 1. The minimum atomic E-state index is -0.892. The second-order valence-corrected chi connectivity index (χ2v) is 8.92. The van der Waals surface area contributed by atoms with Gasteiger partial charge in [-0.05, 0) is 73.8 Å². The van der Waals surface area contributed by atoms with Crippen LogP contribution in [-0.4, -0.2) is 27.6 Å². The van der Waals surface area contributed by atoms with Gasteiger partial charge in [0, 0.05) is 17.6 Å². The highest BCUT2D eigenvalue weighted by molar-refractivity contribution is 7.09. The van der Waals surface area contributed by atoms with Crippen molar-refractivity contribution in [2.45, 2.75) is 50.9 Å². The topological polar surface area (TPSA) is 75.1 Å². The number of fused-ring (bicyclic) bond motifs is 1. The van der Waals surface area contributed by atoms with Crippen LogP contribution in [0.5, 0.6) is 0 Å². The number of nitrogens with zero attached hydrogens (tertiary/aromatic N) is 2. The van der Waals surface area contributed by atoms with E-state index in [2.05, 4.69) is 17.4 Å². The van der Waals surface area contributed by atoms with Crippen LogP contribution in [-0.2, 0) is 30.5 Å². The van der Waals surface area contributed by atoms with Gasteiger partial charge in [0.25, 0.3) is 0 Å². The summed E-state index contributed by atoms with van der Waals surface area (Å²) in [5, 5.41) is 15.7. The number of carboxylic acid groups (broad SMARTS) is 1. The third kappa shape index (κ3) is 6.50. The Hall–Kier alpha value is -2.51. The van der Waals surface area contributed by atoms with Gasteiger partial charge in [-0.15, -0.1) is 23.7 Å². The van der Waals surface area contributed by atoms with Gasteiger partial charge in [0.2, 0.25) is 0 Å². The Kier molecular flexibility index (Phi) is 8.59. The van der Waals surface area contributed by atoms with Crippen LogP contribution in [0.1, 0.15) is 52.7 Å². The second-order valence-electron chi connectivity index (χ2n) is 7.98. The molecule has 0 radical (unpaired) electrons. The average molecular weight is 476 g/mol. The zero-order valence-corrected chi connectivity index (χ0v) is 19.4. The van der Waals surface area contributed by atoms with E-state index in [0.29, 0.717) is 12.0 Å². The monoisotopic (exact) mass is 475 g/mol. The van der Waals surface area contributed by atoms with Crippen LogP contribution in [0.15, 0.2) is 41.8 Å². The Balaban J connectivity index is 0.00000289. The smallest absolute Gasteiger partial charge is 0.303 e. The molecule has 0 aliphatic carbocycles. The maximum Gasteiger partial charge on any atom is 0.303 e. The molecule has 0 saturated carbocycles. The maximum atomic E-state index is 13.6. The van der Waals surface area contributed by atoms with E-state index < -0.39 is 5.97 Å². The van der Waals surface area contributed by atoms with E-state index in [-0.39, 0.29) is 30.6 Å². The summed E-state index contributed by atoms with van der Waals surface area (Å²) in [7, 11) is 0. The number of thiazole rings is 1. The molecule has 2 N–H and O–H groups in total. The SMILES string of the molecule is Cl.O=C(O)CC(Cc1csc(CCCc2ccc3c(n2)NCCC3)n1)c1cccc(F)c1. The molecule has 1 aliphatic rings. The summed E-state index contributed by atoms with van der Waals surface area (Å²) in [4.78, 5) is 20.8. The van der Waals surface area contributed by atoms with Crippen molar-refractivity contribution in [2.24, 2.45) is 0 Å². The van der Waals surface area contributed by atoms with Crippen LogP contribution in [0, 0.1) is 5.82 Å². The van der Waals surface area contributed by atoms with Crippen LogP contribution in [0.4, 0.5) is 10.2 Å². The van der Waals surface area contributed by atoms with E-state index >= 15 is 0 Å². The maximum absolute atomic E-state index is 13.6. The summed E-state index contributed by atoms with van der Waals surface area (Å²) in [6.07, 6.45) is 5.41. The van der Waals surface area contributed by atoms with Crippen LogP contribution in [0.2, 0.25) is 0 Å². The summed E-state index contributed by atoms with van der Waals surface area (Å²) < 4.78 is 13.6. The number of aromatic nitrogens is 2. The summed E-state index contributed by atoms with van der Waals surface area (Å²) in [5.74, 6) is -0.507. The Bertz CT molecular complexity index is 1060. The van der Waals surface area contributed by atoms with Gasteiger partial charge in [0.15, 0.2) is 0 Å². The zero-order valence-electron chi connectivity index (χ0n) is 17.7. The third-order valence-corrected chi connectivity index (χ3v) is 6.53. The van der Waals surface area contributed by atoms with Crippen LogP contribution in [0.3, 0.4) is 0 Å². The van der Waals surface area contributed by atoms with E-state index in [4.69, 9.17) is 9.97 Å². The lowest BCUT2D eigenvalue weighted by Gasteiger charge is -2.17. The number of carboxylic acids is 1. The van der Waals surface area contributed by atoms with Gasteiger partial charge in [-0.3, -0.25) is 4.79 Å². The summed E-state index contributed by atoms with van der Waals surface area (Å²) in [6.45, 7) is 0.990. The van der Waals surface area contributed by atoms with E-state index in [1.807, 2.05) is 5.38 Å². The number of rotatable bonds is 9. The molecule has 1 unspecified atom stereocenters. The Morgan fingerprint density at radius 3 is 2.88 bits per heavy atom. The highest BCUT2D eigenvalue weighted by atomic mass is 35.5. The van der Waals surface area contributed by atoms with Gasteiger partial charge in [-0.25, -0.2) is 14.4 Å². The van der Waals surface area contributed by atoms with Crippen LogP contribution in [0.25, 0.3) is 0 Å². The average Bonchev–Trinajstić information content (AvgIpc) is 3.20. The summed E-state index contributed by atoms with van der Waals surface area (Å²) in [6, 6.07) is 10.5. The molecule has 0 saturated heterocycles. The molecule has 0 spiro atoms. The highest BCUT2D eigenvalue weighted by Crippen LogP contribution is 2.26. The van der Waals surface area contributed by atoms with Crippen molar-refractivity contribution in [1.29, 1.82) is 0 Å². The van der Waals surface area contributed by atoms with Gasteiger partial charge >= 0.3 is 5.97 Å². The normalized spacial score (nSPS) is 13.5. The Morgan fingerprint density at radius 1 is 1.19 bits per heavy atom. The zero-order chi connectivity index (χ0) is 21.6. The highest BCUT2D eigenvalue weighted by Gasteiger charge is 2.18. The lowest BCUT2D eigenvalue weighted by atomic mass is 9.91. The lowest BCUT2D eigenvalue weighted by molar-refractivity contribution is -0.137. The van der Waals surface area contributed by atoms with Crippen molar-refractivity contribution >= 4 is 35.5 Å². The number of anilines is 1. The van der Waals surface area contributed by atoms with Crippen molar-refractivity contribution in [3.63, 3.8) is 0 Å². The van der Waals surface area contributed by atoms with Gasteiger partial charge < -0.3 is 10.4 Å². The molecule has 8 heteroatoms. The molecule has 1 aromatic carbocycles. The quantitative estimate of drug-likeness (QED) is 0.431. The van der Waals surface area contributed by atoms with Gasteiger partial charge in [-0.1, -0.05) is 18.2 Å². The number of halogens is 2. The van der Waals surface area contributed by atoms with Crippen LogP contribution < -0.4 is 5.32 Å². The van der Waals surface area contributed by atoms with Crippen molar-refractivity contribution in [1.82, 2.24) is 9.97 Å². The first-order valence-electron chi connectivity index (χ1n) is 10.7. The van der Waals surface area contributed by atoms with Crippen molar-refractivity contribution in [2.75, 3.05) is 11.9 Å². The van der Waals surface area contributed by atoms with E-state index in [1.54, 1.807) is 23.5 Å². The second kappa shape index (κ2) is 11.4. The molecule has 4 rings (SSSR count). The molecule has 1 aliphatic heterocycles. The first kappa shape index (κ1) is 24.1. The fraction of sp³-hybridized carbons (Fsp3) is 0.375. The minimum Gasteiger partial charge on any atom is -0.481 e. The fourth-order valence-electron chi connectivity index (χ4n) is 4.02. The molecular formula is C24H27ClFN3O2S. The number of aliphatic carboxylic acids is 1. The number of aryl methyl sites for hydroxylation is 3. The molecule has 170 valence electrons. The van der Waals surface area contributed by atoms with E-state index in [0.717, 1.165) is 60.9 Å². The molecular weight excluding hydrogens is 449 g/mol. The Morgan fingerprint density at radius 2 is 2.06 bits per heavy atom. The predicted octanol–water partition coefficient (Wildman–Crippen LogP) is 5.43. The molecule has 2 aromatic heterocycles. The number of benzene rings is 1. The van der Waals surface area contributed by atoms with Crippen molar-refractivity contribution < 1.29 is 14.3 Å². The number of hydrogen-bond donors (Lipinski definition) is 2. The van der Waals surface area contributed by atoms with Crippen molar-refractivity contribution in [3.05, 3.63) is 75.1 Å². The van der Waals surface area contributed by atoms with Gasteiger partial charge in [0.05, 0.1) is 17.1 Å². The minimum absolute atomic E-state index is 0. The van der Waals surface area contributed by atoms with Gasteiger partial charge in [-0.2, -0.15) is 0 Å². The molecule has 0 bridgehead atoms. The van der Waals surface area contributed by atoms with E-state index in [9.17, 15) is 14.3 Å². The molecule has 0 amide bonds. The van der Waals surface area contributed by atoms with E-state index in [1.165, 1.54) is 17.7 Å². The molecule has 32 heavy (non-hydrogen) atoms. The van der Waals surface area contributed by atoms with Crippen molar-refractivity contribution in [3.8, 4) is 0 Å². The van der Waals surface area contributed by atoms with Gasteiger partial charge in [0.1, 0.15) is 11.6 Å². The van der Waals surface area contributed by atoms with Crippen LogP contribution >= 0.6 is 23.7 Å². The standard InChI is InChI=1S/C24H26FN3O2S.ClH/c25-19-6-1-4-17(12-19)18(14-23(29)30)13-21-15-31-22(27-21)8-2-7-20-10-9-16-5-3-11-26-24(16)28-20;/h1,4,6,9-10,12,15,18H,2-3,5,7-8,11,13-14H2,(H,26,28)(H,29,30);1H. The molecule has 5 nitrogen and oxygen atoms in total. The number of carbonyl (C=O) groups is 1. The fourth-order valence-corrected chi connectivity index (χ4v) is 4.87. The lowest BCUT2D eigenvalue weighted by Crippen LogP contribution is -2.14. The number of hydrogen-bond acceptors (Lipinski definition) is 5. The summed E-state index contributed by atoms with van der Waals surface area (Å²) >= 11 is 1.60. The molecule has 0 fully saturated rings. The summed E-state index contributed by atoms with van der Waals surface area (Å²) in [5.41, 5.74) is 3.96. The number of pyridine rings is 1.